The SMILES string of the molecule is CCc1c(-c2ccc([C@@H]3C=Cc4ccc5cccnc5c4C3CC)c3ccccc23)ccc2ccc(-c3ccc4nc(-c5ccc(-c6ccccc6)cc5)ccc4c3)cc12. The molecule has 0 fully saturated rings. The van der Waals surface area contributed by atoms with Gasteiger partial charge in [0.1, 0.15) is 0 Å². The lowest BCUT2D eigenvalue weighted by molar-refractivity contribution is 0.600. The van der Waals surface area contributed by atoms with E-state index in [-0.39, 0.29) is 5.92 Å². The lowest BCUT2D eigenvalue weighted by Gasteiger charge is -2.31. The van der Waals surface area contributed by atoms with Crippen molar-refractivity contribution in [2.75, 3.05) is 0 Å². The van der Waals surface area contributed by atoms with Gasteiger partial charge in [0.05, 0.1) is 16.7 Å². The first kappa shape index (κ1) is 36.0. The summed E-state index contributed by atoms with van der Waals surface area (Å²) in [5.74, 6) is 0.600. The highest BCUT2D eigenvalue weighted by Crippen LogP contribution is 2.48. The molecule has 2 nitrogen and oxygen atoms in total. The Morgan fingerprint density at radius 3 is 2.05 bits per heavy atom. The lowest BCUT2D eigenvalue weighted by atomic mass is 9.72. The number of hydrogen-bond acceptors (Lipinski definition) is 2. The van der Waals surface area contributed by atoms with Crippen LogP contribution in [0.5, 0.6) is 0 Å². The Morgan fingerprint density at radius 2 is 1.20 bits per heavy atom. The van der Waals surface area contributed by atoms with Crippen molar-refractivity contribution in [3.8, 4) is 44.6 Å². The third-order valence-electron chi connectivity index (χ3n) is 13.0. The fraction of sp³-hybridized carbons (Fsp3) is 0.103. The summed E-state index contributed by atoms with van der Waals surface area (Å²) in [4.78, 5) is 10.00. The molecule has 2 heteroatoms. The van der Waals surface area contributed by atoms with Gasteiger partial charge in [0.25, 0.3) is 0 Å². The van der Waals surface area contributed by atoms with Crippen LogP contribution in [0.3, 0.4) is 0 Å². The maximum atomic E-state index is 5.09. The minimum Gasteiger partial charge on any atom is -0.256 e. The van der Waals surface area contributed by atoms with E-state index in [0.717, 1.165) is 40.5 Å². The molecule has 0 aliphatic heterocycles. The summed E-state index contributed by atoms with van der Waals surface area (Å²) in [6, 6.07) is 64.4. The van der Waals surface area contributed by atoms with Crippen LogP contribution in [0, 0.1) is 0 Å². The average Bonchev–Trinajstić information content (AvgIpc) is 3.32. The third-order valence-corrected chi connectivity index (χ3v) is 13.0. The highest BCUT2D eigenvalue weighted by atomic mass is 14.7. The molecule has 60 heavy (non-hydrogen) atoms. The first-order valence-corrected chi connectivity index (χ1v) is 21.4. The van der Waals surface area contributed by atoms with Gasteiger partial charge in [-0.3, -0.25) is 4.98 Å². The molecule has 1 aliphatic rings. The standard InChI is InChI=1S/C58H44N2/c1-3-46-50(52-30-31-53(49-15-9-8-14-48(49)52)51-29-25-41-21-22-42-13-10-34-59-58(42)57(41)47(51)4-2)28-24-39-18-23-44(36-54(39)46)43-26-32-56-45(35-43)27-33-55(60-56)40-19-16-38(17-20-40)37-11-6-5-7-12-37/h5-36,47,51H,3-4H2,1-2H3/t47?,51-/m1/s1. The zero-order valence-electron chi connectivity index (χ0n) is 33.9. The van der Waals surface area contributed by atoms with Gasteiger partial charge >= 0.3 is 0 Å². The highest BCUT2D eigenvalue weighted by Gasteiger charge is 2.30. The number of nitrogens with zero attached hydrogens (tertiary/aromatic N) is 2. The van der Waals surface area contributed by atoms with Crippen LogP contribution >= 0.6 is 0 Å². The summed E-state index contributed by atoms with van der Waals surface area (Å²) in [6.45, 7) is 4.62. The number of benzene rings is 8. The summed E-state index contributed by atoms with van der Waals surface area (Å²) < 4.78 is 0. The molecule has 0 radical (unpaired) electrons. The van der Waals surface area contributed by atoms with Gasteiger partial charge in [0, 0.05) is 28.5 Å². The second-order valence-electron chi connectivity index (χ2n) is 16.2. The second kappa shape index (κ2) is 14.9. The van der Waals surface area contributed by atoms with Crippen LogP contribution in [0.1, 0.15) is 54.4 Å². The fourth-order valence-electron chi connectivity index (χ4n) is 9.99. The molecule has 0 saturated carbocycles. The van der Waals surface area contributed by atoms with Crippen LogP contribution in [0.4, 0.5) is 0 Å². The predicted molar refractivity (Wildman–Crippen MR) is 254 cm³/mol. The number of aryl methyl sites for hydroxylation is 1. The first-order valence-electron chi connectivity index (χ1n) is 21.4. The van der Waals surface area contributed by atoms with E-state index in [9.17, 15) is 0 Å². The molecule has 0 amide bonds. The minimum absolute atomic E-state index is 0.258. The van der Waals surface area contributed by atoms with Gasteiger partial charge in [-0.2, -0.15) is 0 Å². The quantitative estimate of drug-likeness (QED) is 0.161. The van der Waals surface area contributed by atoms with Gasteiger partial charge in [-0.05, 0) is 126 Å². The number of pyridine rings is 2. The van der Waals surface area contributed by atoms with Crippen LogP contribution in [0.15, 0.2) is 188 Å². The van der Waals surface area contributed by atoms with Crippen LogP contribution < -0.4 is 0 Å². The van der Waals surface area contributed by atoms with E-state index in [2.05, 4.69) is 196 Å². The molecule has 11 rings (SSSR count). The molecule has 2 atom stereocenters. The van der Waals surface area contributed by atoms with E-state index >= 15 is 0 Å². The predicted octanol–water partition coefficient (Wildman–Crippen LogP) is 15.6. The molecule has 0 bridgehead atoms. The van der Waals surface area contributed by atoms with Crippen molar-refractivity contribution < 1.29 is 0 Å². The second-order valence-corrected chi connectivity index (χ2v) is 16.2. The molecule has 1 aliphatic carbocycles. The Labute approximate surface area is 351 Å². The van der Waals surface area contributed by atoms with E-state index in [1.54, 1.807) is 0 Å². The summed E-state index contributed by atoms with van der Waals surface area (Å²) >= 11 is 0. The summed E-state index contributed by atoms with van der Waals surface area (Å²) in [7, 11) is 0. The Morgan fingerprint density at radius 1 is 0.500 bits per heavy atom. The van der Waals surface area contributed by atoms with E-state index in [1.165, 1.54) is 82.6 Å². The molecule has 0 saturated heterocycles. The van der Waals surface area contributed by atoms with Crippen LogP contribution in [0.25, 0.3) is 94.1 Å². The third kappa shape index (κ3) is 6.10. The zero-order chi connectivity index (χ0) is 40.2. The van der Waals surface area contributed by atoms with E-state index in [4.69, 9.17) is 9.97 Å². The van der Waals surface area contributed by atoms with Crippen molar-refractivity contribution >= 4 is 49.4 Å². The molecule has 286 valence electrons. The first-order chi connectivity index (χ1) is 29.6. The van der Waals surface area contributed by atoms with Crippen molar-refractivity contribution in [2.45, 2.75) is 38.5 Å². The van der Waals surface area contributed by atoms with Crippen LogP contribution in [0.2, 0.25) is 0 Å². The van der Waals surface area contributed by atoms with Crippen LogP contribution in [-0.4, -0.2) is 9.97 Å². The fourth-order valence-corrected chi connectivity index (χ4v) is 9.99. The van der Waals surface area contributed by atoms with Gasteiger partial charge in [0.15, 0.2) is 0 Å². The van der Waals surface area contributed by atoms with Crippen molar-refractivity contribution in [2.24, 2.45) is 0 Å². The van der Waals surface area contributed by atoms with Crippen molar-refractivity contribution in [1.29, 1.82) is 0 Å². The summed E-state index contributed by atoms with van der Waals surface area (Å²) in [5.41, 5.74) is 17.1. The summed E-state index contributed by atoms with van der Waals surface area (Å²) in [6.07, 6.45) is 8.68. The maximum absolute atomic E-state index is 5.09. The smallest absolute Gasteiger partial charge is 0.0743 e. The van der Waals surface area contributed by atoms with Gasteiger partial charge in [-0.25, -0.2) is 4.98 Å². The van der Waals surface area contributed by atoms with Gasteiger partial charge < -0.3 is 0 Å². The molecular formula is C58H44N2. The number of aromatic nitrogens is 2. The Balaban J connectivity index is 0.946. The van der Waals surface area contributed by atoms with Crippen molar-refractivity contribution in [3.05, 3.63) is 210 Å². The number of fused-ring (bicyclic) bond motifs is 6. The monoisotopic (exact) mass is 768 g/mol. The normalized spacial score (nSPS) is 14.9. The van der Waals surface area contributed by atoms with E-state index < -0.39 is 0 Å². The molecular weight excluding hydrogens is 725 g/mol. The molecule has 1 unspecified atom stereocenters. The number of rotatable bonds is 7. The van der Waals surface area contributed by atoms with E-state index in [1.807, 2.05) is 12.3 Å². The molecule has 2 heterocycles. The number of allylic oxidation sites excluding steroid dienone is 1. The Kier molecular flexibility index (Phi) is 8.93. The maximum Gasteiger partial charge on any atom is 0.0743 e. The number of hydrogen-bond donors (Lipinski definition) is 0. The molecule has 0 spiro atoms. The molecule has 2 aromatic heterocycles. The topological polar surface area (TPSA) is 25.8 Å². The minimum atomic E-state index is 0.258. The zero-order valence-corrected chi connectivity index (χ0v) is 33.9. The molecule has 10 aromatic rings. The Hall–Kier alpha value is -7.16. The average molecular weight is 769 g/mol. The Bertz CT molecular complexity index is 3290. The molecule has 8 aromatic carbocycles. The van der Waals surface area contributed by atoms with Crippen molar-refractivity contribution in [1.82, 2.24) is 9.97 Å². The highest BCUT2D eigenvalue weighted by molar-refractivity contribution is 6.04. The lowest BCUT2D eigenvalue weighted by Crippen LogP contribution is -2.15. The largest absolute Gasteiger partial charge is 0.256 e. The van der Waals surface area contributed by atoms with Gasteiger partial charge in [-0.1, -0.05) is 172 Å². The van der Waals surface area contributed by atoms with Crippen LogP contribution in [-0.2, 0) is 6.42 Å². The van der Waals surface area contributed by atoms with Gasteiger partial charge in [-0.15, -0.1) is 0 Å². The van der Waals surface area contributed by atoms with Crippen molar-refractivity contribution in [3.63, 3.8) is 0 Å². The van der Waals surface area contributed by atoms with Gasteiger partial charge in [0.2, 0.25) is 0 Å². The summed E-state index contributed by atoms with van der Waals surface area (Å²) in [5, 5.41) is 7.56. The van der Waals surface area contributed by atoms with E-state index in [0.29, 0.717) is 5.92 Å². The molecule has 0 N–H and O–H groups in total.